The minimum absolute atomic E-state index is 0.233. The van der Waals surface area contributed by atoms with Crippen LogP contribution in [-0.4, -0.2) is 22.3 Å². The third kappa shape index (κ3) is 6.68. The van der Waals surface area contributed by atoms with Crippen molar-refractivity contribution in [3.63, 3.8) is 0 Å². The summed E-state index contributed by atoms with van der Waals surface area (Å²) in [5.41, 5.74) is 1.14. The summed E-state index contributed by atoms with van der Waals surface area (Å²) >= 11 is 0. The number of aryl methyl sites for hydroxylation is 1. The van der Waals surface area contributed by atoms with Crippen molar-refractivity contribution >= 4 is 11.3 Å². The SMILES string of the molecule is C\C=C/C(=C\C(=C\CC)C(F)(F)F)c1cc2n(n1)CCCC2Nc1cccc(OC(F)(F)F)c1. The predicted molar refractivity (Wildman–Crippen MR) is 118 cm³/mol. The molecule has 1 aromatic heterocycles. The quantitative estimate of drug-likeness (QED) is 0.324. The fourth-order valence-corrected chi connectivity index (χ4v) is 3.79. The van der Waals surface area contributed by atoms with E-state index >= 15 is 0 Å². The number of benzene rings is 1. The molecule has 34 heavy (non-hydrogen) atoms. The number of alkyl halides is 6. The molecule has 1 unspecified atom stereocenters. The first-order valence-corrected chi connectivity index (χ1v) is 10.8. The molecular formula is C24H25F6N3O. The average Bonchev–Trinajstić information content (AvgIpc) is 3.16. The molecule has 3 rings (SSSR count). The Balaban J connectivity index is 1.91. The number of fused-ring (bicyclic) bond motifs is 1. The summed E-state index contributed by atoms with van der Waals surface area (Å²) in [4.78, 5) is 0. The molecule has 0 saturated heterocycles. The van der Waals surface area contributed by atoms with Crippen molar-refractivity contribution in [2.75, 3.05) is 5.32 Å². The van der Waals surface area contributed by atoms with E-state index in [1.807, 2.05) is 0 Å². The molecule has 1 aliphatic heterocycles. The maximum absolute atomic E-state index is 13.4. The molecule has 10 heteroatoms. The van der Waals surface area contributed by atoms with Crippen LogP contribution in [0.1, 0.15) is 50.5 Å². The van der Waals surface area contributed by atoms with Gasteiger partial charge in [0.05, 0.1) is 23.0 Å². The van der Waals surface area contributed by atoms with E-state index in [1.165, 1.54) is 18.2 Å². The number of anilines is 1. The van der Waals surface area contributed by atoms with Gasteiger partial charge < -0.3 is 10.1 Å². The Bertz CT molecular complexity index is 1080. The Labute approximate surface area is 193 Å². The van der Waals surface area contributed by atoms with Crippen LogP contribution in [-0.2, 0) is 6.54 Å². The molecule has 1 atom stereocenters. The van der Waals surface area contributed by atoms with Gasteiger partial charge in [0.1, 0.15) is 5.75 Å². The van der Waals surface area contributed by atoms with Crippen molar-refractivity contribution in [2.24, 2.45) is 0 Å². The van der Waals surface area contributed by atoms with Crippen LogP contribution in [0.25, 0.3) is 5.57 Å². The van der Waals surface area contributed by atoms with Crippen LogP contribution in [0, 0.1) is 0 Å². The van der Waals surface area contributed by atoms with Crippen molar-refractivity contribution in [1.82, 2.24) is 9.78 Å². The first-order chi connectivity index (χ1) is 16.0. The van der Waals surface area contributed by atoms with E-state index in [2.05, 4.69) is 15.2 Å². The number of nitrogens with zero attached hydrogens (tertiary/aromatic N) is 2. The molecule has 2 aromatic rings. The highest BCUT2D eigenvalue weighted by Crippen LogP contribution is 2.34. The first-order valence-electron chi connectivity index (χ1n) is 10.8. The largest absolute Gasteiger partial charge is 0.573 e. The Hall–Kier alpha value is -3.17. The number of rotatable bonds is 7. The highest BCUT2D eigenvalue weighted by Gasteiger charge is 2.33. The lowest BCUT2D eigenvalue weighted by atomic mass is 10.0. The fraction of sp³-hybridized carbons (Fsp3) is 0.375. The lowest BCUT2D eigenvalue weighted by molar-refractivity contribution is -0.274. The van der Waals surface area contributed by atoms with E-state index in [0.29, 0.717) is 29.9 Å². The molecule has 1 aromatic carbocycles. The van der Waals surface area contributed by atoms with Gasteiger partial charge in [0, 0.05) is 23.9 Å². The third-order valence-electron chi connectivity index (χ3n) is 5.14. The van der Waals surface area contributed by atoms with Crippen LogP contribution in [0.15, 0.2) is 60.2 Å². The normalized spacial score (nSPS) is 17.7. The molecule has 0 amide bonds. The molecule has 0 saturated carbocycles. The van der Waals surface area contributed by atoms with E-state index in [9.17, 15) is 26.3 Å². The van der Waals surface area contributed by atoms with Gasteiger partial charge in [-0.2, -0.15) is 18.3 Å². The summed E-state index contributed by atoms with van der Waals surface area (Å²) in [6, 6.07) is 6.96. The molecule has 1 N–H and O–H groups in total. The van der Waals surface area contributed by atoms with Crippen LogP contribution in [0.2, 0.25) is 0 Å². The predicted octanol–water partition coefficient (Wildman–Crippen LogP) is 7.59. The number of allylic oxidation sites excluding steroid dienone is 6. The second-order valence-corrected chi connectivity index (χ2v) is 7.76. The lowest BCUT2D eigenvalue weighted by Crippen LogP contribution is -2.22. The van der Waals surface area contributed by atoms with Crippen molar-refractivity contribution in [1.29, 1.82) is 0 Å². The zero-order valence-electron chi connectivity index (χ0n) is 18.7. The zero-order chi connectivity index (χ0) is 24.9. The van der Waals surface area contributed by atoms with Gasteiger partial charge in [-0.15, -0.1) is 13.2 Å². The van der Waals surface area contributed by atoms with Gasteiger partial charge in [0.2, 0.25) is 0 Å². The van der Waals surface area contributed by atoms with Gasteiger partial charge >= 0.3 is 12.5 Å². The first kappa shape index (κ1) is 25.5. The molecular weight excluding hydrogens is 460 g/mol. The topological polar surface area (TPSA) is 39.1 Å². The summed E-state index contributed by atoms with van der Waals surface area (Å²) in [6.45, 7) is 3.93. The standard InChI is InChI=1S/C24H25F6N3O/c1-3-7-16(13-17(8-4-2)23(25,26)27)21-15-22-20(11-6-12-33(22)32-21)31-18-9-5-10-19(14-18)34-24(28,29)30/h3,5,7-10,13-15,20,31H,4,6,11-12H2,1-2H3/b7-3-,16-13+,17-8-. The van der Waals surface area contributed by atoms with Gasteiger partial charge in [-0.1, -0.05) is 31.2 Å². The average molecular weight is 485 g/mol. The van der Waals surface area contributed by atoms with Crippen LogP contribution in [0.5, 0.6) is 5.75 Å². The number of nitrogens with one attached hydrogen (secondary N) is 1. The van der Waals surface area contributed by atoms with Crippen LogP contribution < -0.4 is 10.1 Å². The van der Waals surface area contributed by atoms with Crippen molar-refractivity contribution in [3.8, 4) is 5.75 Å². The summed E-state index contributed by atoms with van der Waals surface area (Å²) in [6.07, 6.45) is -2.20. The Morgan fingerprint density at radius 2 is 1.97 bits per heavy atom. The summed E-state index contributed by atoms with van der Waals surface area (Å²) < 4.78 is 83.6. The van der Waals surface area contributed by atoms with E-state index in [1.54, 1.807) is 42.8 Å². The van der Waals surface area contributed by atoms with Gasteiger partial charge in [0.15, 0.2) is 0 Å². The third-order valence-corrected chi connectivity index (χ3v) is 5.14. The highest BCUT2D eigenvalue weighted by molar-refractivity contribution is 5.74. The highest BCUT2D eigenvalue weighted by atomic mass is 19.4. The Kier molecular flexibility index (Phi) is 7.78. The minimum atomic E-state index is -4.80. The minimum Gasteiger partial charge on any atom is -0.406 e. The summed E-state index contributed by atoms with van der Waals surface area (Å²) in [7, 11) is 0. The van der Waals surface area contributed by atoms with Crippen LogP contribution in [0.4, 0.5) is 32.0 Å². The van der Waals surface area contributed by atoms with Gasteiger partial charge in [-0.3, -0.25) is 4.68 Å². The van der Waals surface area contributed by atoms with E-state index in [0.717, 1.165) is 24.3 Å². The smallest absolute Gasteiger partial charge is 0.406 e. The van der Waals surface area contributed by atoms with Crippen molar-refractivity contribution in [2.45, 2.75) is 58.2 Å². The van der Waals surface area contributed by atoms with Crippen LogP contribution in [0.3, 0.4) is 0 Å². The number of halogens is 6. The van der Waals surface area contributed by atoms with Crippen molar-refractivity contribution in [3.05, 3.63) is 71.6 Å². The maximum atomic E-state index is 13.4. The van der Waals surface area contributed by atoms with Gasteiger partial charge in [-0.25, -0.2) is 0 Å². The number of aromatic nitrogens is 2. The summed E-state index contributed by atoms with van der Waals surface area (Å²) in [5.74, 6) is -0.344. The van der Waals surface area contributed by atoms with Crippen molar-refractivity contribution < 1.29 is 31.1 Å². The Morgan fingerprint density at radius 3 is 2.62 bits per heavy atom. The monoisotopic (exact) mass is 485 g/mol. The second kappa shape index (κ2) is 10.4. The number of hydrogen-bond acceptors (Lipinski definition) is 3. The molecule has 184 valence electrons. The molecule has 0 aliphatic carbocycles. The molecule has 0 fully saturated rings. The lowest BCUT2D eigenvalue weighted by Gasteiger charge is -2.25. The van der Waals surface area contributed by atoms with E-state index in [-0.39, 0.29) is 18.2 Å². The maximum Gasteiger partial charge on any atom is 0.573 e. The van der Waals surface area contributed by atoms with E-state index < -0.39 is 18.1 Å². The van der Waals surface area contributed by atoms with Gasteiger partial charge in [-0.05, 0) is 50.5 Å². The molecule has 1 aliphatic rings. The molecule has 4 nitrogen and oxygen atoms in total. The Morgan fingerprint density at radius 1 is 1.21 bits per heavy atom. The molecule has 0 radical (unpaired) electrons. The van der Waals surface area contributed by atoms with E-state index in [4.69, 9.17) is 0 Å². The zero-order valence-corrected chi connectivity index (χ0v) is 18.7. The number of ether oxygens (including phenoxy) is 1. The molecule has 0 bridgehead atoms. The second-order valence-electron chi connectivity index (χ2n) is 7.76. The molecule has 2 heterocycles. The fourth-order valence-electron chi connectivity index (χ4n) is 3.79. The van der Waals surface area contributed by atoms with Crippen LogP contribution >= 0.6 is 0 Å². The molecule has 0 spiro atoms. The van der Waals surface area contributed by atoms with Gasteiger partial charge in [0.25, 0.3) is 0 Å². The number of hydrogen-bond donors (Lipinski definition) is 1. The summed E-state index contributed by atoms with van der Waals surface area (Å²) in [5, 5.41) is 7.71.